The third-order valence-corrected chi connectivity index (χ3v) is 7.77. The van der Waals surface area contributed by atoms with Gasteiger partial charge in [-0.1, -0.05) is 19.4 Å². The number of fused-ring (bicyclic) bond motifs is 3. The summed E-state index contributed by atoms with van der Waals surface area (Å²) in [6.07, 6.45) is 6.85. The fraction of sp³-hybridized carbons (Fsp3) is 0.423. The van der Waals surface area contributed by atoms with Crippen LogP contribution in [0.15, 0.2) is 47.4 Å². The Kier molecular flexibility index (Phi) is 5.70. The van der Waals surface area contributed by atoms with Crippen LogP contribution in [0.25, 0.3) is 6.08 Å². The third-order valence-electron chi connectivity index (χ3n) is 6.78. The van der Waals surface area contributed by atoms with Crippen molar-refractivity contribution >= 4 is 35.1 Å². The number of rotatable bonds is 5. The van der Waals surface area contributed by atoms with Gasteiger partial charge in [-0.05, 0) is 72.9 Å². The molecule has 5 rings (SSSR count). The molecular formula is C26H30N2O2S. The van der Waals surface area contributed by atoms with Crippen LogP contribution in [-0.2, 0) is 4.79 Å². The molecular weight excluding hydrogens is 404 g/mol. The van der Waals surface area contributed by atoms with Gasteiger partial charge in [0.25, 0.3) is 5.91 Å². The Bertz CT molecular complexity index is 999. The van der Waals surface area contributed by atoms with Crippen LogP contribution >= 0.6 is 11.8 Å². The van der Waals surface area contributed by atoms with Gasteiger partial charge in [-0.15, -0.1) is 11.8 Å². The van der Waals surface area contributed by atoms with E-state index in [0.717, 1.165) is 41.5 Å². The molecule has 3 aliphatic rings. The second kappa shape index (κ2) is 8.62. The van der Waals surface area contributed by atoms with Gasteiger partial charge in [-0.25, -0.2) is 0 Å². The van der Waals surface area contributed by atoms with Crippen LogP contribution in [-0.4, -0.2) is 42.8 Å². The molecule has 0 N–H and O–H groups in total. The van der Waals surface area contributed by atoms with Gasteiger partial charge < -0.3 is 14.5 Å². The van der Waals surface area contributed by atoms with Crippen molar-refractivity contribution in [1.82, 2.24) is 4.90 Å². The Morgan fingerprint density at radius 1 is 1.16 bits per heavy atom. The topological polar surface area (TPSA) is 32.8 Å². The van der Waals surface area contributed by atoms with E-state index < -0.39 is 0 Å². The lowest BCUT2D eigenvalue weighted by atomic mass is 9.96. The van der Waals surface area contributed by atoms with Crippen molar-refractivity contribution in [3.63, 3.8) is 0 Å². The van der Waals surface area contributed by atoms with Gasteiger partial charge in [0.2, 0.25) is 0 Å². The third kappa shape index (κ3) is 3.73. The molecule has 0 aromatic heterocycles. The lowest BCUT2D eigenvalue weighted by Crippen LogP contribution is -2.37. The second-order valence-corrected chi connectivity index (χ2v) is 9.78. The highest BCUT2D eigenvalue weighted by atomic mass is 32.2. The van der Waals surface area contributed by atoms with Crippen molar-refractivity contribution in [3.8, 4) is 5.75 Å². The Morgan fingerprint density at radius 2 is 2.00 bits per heavy atom. The average molecular weight is 435 g/mol. The van der Waals surface area contributed by atoms with E-state index >= 15 is 0 Å². The van der Waals surface area contributed by atoms with E-state index in [4.69, 9.17) is 4.74 Å². The van der Waals surface area contributed by atoms with Crippen LogP contribution < -0.4 is 9.64 Å². The lowest BCUT2D eigenvalue weighted by molar-refractivity contribution is -0.126. The molecule has 2 atom stereocenters. The molecule has 0 bridgehead atoms. The number of amides is 1. The number of thioether (sulfide) groups is 1. The summed E-state index contributed by atoms with van der Waals surface area (Å²) < 4.78 is 5.35. The van der Waals surface area contributed by atoms with E-state index in [1.165, 1.54) is 36.2 Å². The first kappa shape index (κ1) is 20.5. The Balaban J connectivity index is 1.47. The molecule has 2 aliphatic heterocycles. The summed E-state index contributed by atoms with van der Waals surface area (Å²) in [5, 5.41) is 0. The van der Waals surface area contributed by atoms with Crippen LogP contribution in [0.1, 0.15) is 49.7 Å². The van der Waals surface area contributed by atoms with E-state index in [2.05, 4.69) is 48.2 Å². The quantitative estimate of drug-likeness (QED) is 0.556. The van der Waals surface area contributed by atoms with Crippen molar-refractivity contribution in [2.75, 3.05) is 30.9 Å². The minimum atomic E-state index is 0.192. The molecule has 1 saturated heterocycles. The molecule has 2 unspecified atom stereocenters. The van der Waals surface area contributed by atoms with Crippen molar-refractivity contribution in [3.05, 3.63) is 58.5 Å². The first-order valence-electron chi connectivity index (χ1n) is 11.4. The number of carbonyl (C=O) groups excluding carboxylic acids is 1. The largest absolute Gasteiger partial charge is 0.497 e. The minimum Gasteiger partial charge on any atom is -0.497 e. The van der Waals surface area contributed by atoms with Crippen LogP contribution in [0.4, 0.5) is 11.4 Å². The van der Waals surface area contributed by atoms with Gasteiger partial charge in [-0.3, -0.25) is 4.79 Å². The van der Waals surface area contributed by atoms with Gasteiger partial charge in [0.1, 0.15) is 5.75 Å². The fourth-order valence-corrected chi connectivity index (χ4v) is 6.37. The molecule has 2 aromatic rings. The normalized spacial score (nSPS) is 23.9. The SMILES string of the molecule is CCCN1CCSC(=Cc2ccc3c(c2)C2CCCC2N3c2ccc(OC)cc2)C1=O. The fourth-order valence-electron chi connectivity index (χ4n) is 5.37. The van der Waals surface area contributed by atoms with E-state index in [9.17, 15) is 4.79 Å². The van der Waals surface area contributed by atoms with E-state index in [0.29, 0.717) is 12.0 Å². The van der Waals surface area contributed by atoms with Crippen molar-refractivity contribution in [2.24, 2.45) is 0 Å². The molecule has 31 heavy (non-hydrogen) atoms. The number of hydrogen-bond donors (Lipinski definition) is 0. The molecule has 1 aliphatic carbocycles. The molecule has 4 nitrogen and oxygen atoms in total. The maximum atomic E-state index is 12.8. The lowest BCUT2D eigenvalue weighted by Gasteiger charge is -2.28. The molecule has 0 radical (unpaired) electrons. The van der Waals surface area contributed by atoms with Crippen molar-refractivity contribution in [1.29, 1.82) is 0 Å². The summed E-state index contributed by atoms with van der Waals surface area (Å²) in [6, 6.07) is 15.7. The molecule has 1 amide bonds. The van der Waals surface area contributed by atoms with Crippen LogP contribution in [0.2, 0.25) is 0 Å². The Hall–Kier alpha value is -2.40. The van der Waals surface area contributed by atoms with Crippen LogP contribution in [0, 0.1) is 0 Å². The number of hydrogen-bond acceptors (Lipinski definition) is 4. The molecule has 5 heteroatoms. The molecule has 2 fully saturated rings. The number of benzene rings is 2. The van der Waals surface area contributed by atoms with Gasteiger partial charge in [-0.2, -0.15) is 0 Å². The monoisotopic (exact) mass is 434 g/mol. The standard InChI is InChI=1S/C26H30N2O2S/c1-3-13-27-14-15-31-25(26(27)29)17-18-7-12-24-22(16-18)21-5-4-6-23(21)28(24)19-8-10-20(30-2)11-9-19/h7-12,16-17,21,23H,3-6,13-15H2,1-2H3. The van der Waals surface area contributed by atoms with Crippen LogP contribution in [0.3, 0.4) is 0 Å². The maximum Gasteiger partial charge on any atom is 0.260 e. The number of anilines is 2. The number of ether oxygens (including phenoxy) is 1. The van der Waals surface area contributed by atoms with E-state index in [1.807, 2.05) is 17.0 Å². The predicted octanol–water partition coefficient (Wildman–Crippen LogP) is 5.81. The summed E-state index contributed by atoms with van der Waals surface area (Å²) in [7, 11) is 1.71. The Labute approximate surface area is 189 Å². The number of methoxy groups -OCH3 is 1. The summed E-state index contributed by atoms with van der Waals surface area (Å²) in [5.74, 6) is 2.64. The predicted molar refractivity (Wildman–Crippen MR) is 129 cm³/mol. The summed E-state index contributed by atoms with van der Waals surface area (Å²) in [6.45, 7) is 3.84. The van der Waals surface area contributed by atoms with Gasteiger partial charge >= 0.3 is 0 Å². The zero-order valence-electron chi connectivity index (χ0n) is 18.3. The molecule has 2 aromatic carbocycles. The van der Waals surface area contributed by atoms with Crippen molar-refractivity contribution < 1.29 is 9.53 Å². The maximum absolute atomic E-state index is 12.8. The minimum absolute atomic E-state index is 0.192. The number of nitrogens with zero attached hydrogens (tertiary/aromatic N) is 2. The Morgan fingerprint density at radius 3 is 2.77 bits per heavy atom. The van der Waals surface area contributed by atoms with Gasteiger partial charge in [0.15, 0.2) is 0 Å². The summed E-state index contributed by atoms with van der Waals surface area (Å²) >= 11 is 1.70. The summed E-state index contributed by atoms with van der Waals surface area (Å²) in [5.41, 5.74) is 5.13. The molecule has 162 valence electrons. The highest BCUT2D eigenvalue weighted by Gasteiger charge is 2.42. The summed E-state index contributed by atoms with van der Waals surface area (Å²) in [4.78, 5) is 18.2. The first-order chi connectivity index (χ1) is 15.2. The zero-order valence-corrected chi connectivity index (χ0v) is 19.2. The molecule has 2 heterocycles. The molecule has 0 spiro atoms. The van der Waals surface area contributed by atoms with Crippen molar-refractivity contribution in [2.45, 2.75) is 44.6 Å². The molecule has 1 saturated carbocycles. The second-order valence-electron chi connectivity index (χ2n) is 8.64. The number of carbonyl (C=O) groups is 1. The van der Waals surface area contributed by atoms with E-state index in [-0.39, 0.29) is 5.91 Å². The highest BCUT2D eigenvalue weighted by Crippen LogP contribution is 2.52. The van der Waals surface area contributed by atoms with Gasteiger partial charge in [0.05, 0.1) is 12.0 Å². The first-order valence-corrected chi connectivity index (χ1v) is 12.4. The van der Waals surface area contributed by atoms with Crippen LogP contribution in [0.5, 0.6) is 5.75 Å². The highest BCUT2D eigenvalue weighted by molar-refractivity contribution is 8.04. The smallest absolute Gasteiger partial charge is 0.260 e. The van der Waals surface area contributed by atoms with Gasteiger partial charge in [0, 0.05) is 42.2 Å². The van der Waals surface area contributed by atoms with E-state index in [1.54, 1.807) is 18.9 Å². The zero-order chi connectivity index (χ0) is 21.4. The average Bonchev–Trinajstić information content (AvgIpc) is 3.38.